The molecule has 12 atom stereocenters. The van der Waals surface area contributed by atoms with Gasteiger partial charge < -0.3 is 65.1 Å². The molecule has 2 saturated heterocycles. The molecule has 0 aromatic heterocycles. The molecule has 0 radical (unpaired) electrons. The quantitative estimate of drug-likeness (QED) is 0.0205. The molecule has 14 nitrogen and oxygen atoms in total. The third-order valence-corrected chi connectivity index (χ3v) is 14.1. The van der Waals surface area contributed by atoms with Gasteiger partial charge in [-0.15, -0.1) is 0 Å². The van der Waals surface area contributed by atoms with Gasteiger partial charge in [0.1, 0.15) is 48.8 Å². The maximum absolute atomic E-state index is 13.2. The van der Waals surface area contributed by atoms with E-state index in [1.165, 1.54) is 167 Å². The van der Waals surface area contributed by atoms with Crippen LogP contribution in [0.1, 0.15) is 232 Å². The number of rotatable bonds is 45. The Labute approximate surface area is 424 Å². The van der Waals surface area contributed by atoms with Gasteiger partial charge in [-0.05, 0) is 32.1 Å². The van der Waals surface area contributed by atoms with Crippen LogP contribution in [0.3, 0.4) is 0 Å². The van der Waals surface area contributed by atoms with Crippen LogP contribution in [-0.4, -0.2) is 140 Å². The first kappa shape index (κ1) is 64.6. The number of unbranched alkanes of at least 4 members (excludes halogenated alkanes) is 30. The molecule has 14 heteroatoms. The fourth-order valence-electron chi connectivity index (χ4n) is 9.48. The van der Waals surface area contributed by atoms with Crippen LogP contribution >= 0.6 is 0 Å². The molecule has 2 aliphatic heterocycles. The van der Waals surface area contributed by atoms with Crippen LogP contribution in [0.2, 0.25) is 0 Å². The van der Waals surface area contributed by atoms with Gasteiger partial charge in [-0.25, -0.2) is 0 Å². The van der Waals surface area contributed by atoms with Crippen LogP contribution in [0.25, 0.3) is 0 Å². The summed E-state index contributed by atoms with van der Waals surface area (Å²) in [6.45, 7) is 2.80. The van der Waals surface area contributed by atoms with E-state index in [0.29, 0.717) is 12.8 Å². The van der Waals surface area contributed by atoms with Crippen molar-refractivity contribution in [2.45, 2.75) is 306 Å². The second-order valence-corrected chi connectivity index (χ2v) is 20.4. The second-order valence-electron chi connectivity index (χ2n) is 20.4. The number of carbonyl (C=O) groups excluding carboxylic acids is 1. The minimum absolute atomic E-state index is 0.246. The van der Waals surface area contributed by atoms with E-state index in [0.717, 1.165) is 32.1 Å². The van der Waals surface area contributed by atoms with Gasteiger partial charge >= 0.3 is 0 Å². The van der Waals surface area contributed by atoms with Gasteiger partial charge in [0.25, 0.3) is 0 Å². The van der Waals surface area contributed by atoms with Gasteiger partial charge in [0, 0.05) is 6.42 Å². The van der Waals surface area contributed by atoms with Crippen molar-refractivity contribution in [1.29, 1.82) is 0 Å². The summed E-state index contributed by atoms with van der Waals surface area (Å²) in [5.41, 5.74) is 0. The lowest BCUT2D eigenvalue weighted by Crippen LogP contribution is -2.65. The number of aliphatic hydroxyl groups is 8. The predicted octanol–water partition coefficient (Wildman–Crippen LogP) is 8.89. The van der Waals surface area contributed by atoms with Crippen LogP contribution in [0.15, 0.2) is 24.3 Å². The number of allylic oxidation sites excluding steroid dienone is 3. The summed E-state index contributed by atoms with van der Waals surface area (Å²) in [4.78, 5) is 13.2. The van der Waals surface area contributed by atoms with E-state index in [-0.39, 0.29) is 18.9 Å². The first-order chi connectivity index (χ1) is 34.1. The Morgan fingerprint density at radius 1 is 0.500 bits per heavy atom. The molecule has 0 bridgehead atoms. The van der Waals surface area contributed by atoms with Gasteiger partial charge in [0.15, 0.2) is 12.6 Å². The van der Waals surface area contributed by atoms with Crippen LogP contribution < -0.4 is 5.32 Å². The molecule has 2 rings (SSSR count). The van der Waals surface area contributed by atoms with E-state index < -0.39 is 86.8 Å². The summed E-state index contributed by atoms with van der Waals surface area (Å²) in [5, 5.41) is 86.9. The van der Waals surface area contributed by atoms with Gasteiger partial charge in [-0.1, -0.05) is 218 Å². The number of nitrogens with one attached hydrogen (secondary N) is 1. The molecule has 0 spiro atoms. The molecule has 2 fully saturated rings. The maximum Gasteiger partial charge on any atom is 0.220 e. The normalized spacial score (nSPS) is 26.1. The van der Waals surface area contributed by atoms with Crippen molar-refractivity contribution in [3.63, 3.8) is 0 Å². The van der Waals surface area contributed by atoms with Gasteiger partial charge in [0.05, 0.1) is 32.0 Å². The van der Waals surface area contributed by atoms with Gasteiger partial charge in [0.2, 0.25) is 5.91 Å². The monoisotopic (exact) mass is 1000 g/mol. The van der Waals surface area contributed by atoms with Gasteiger partial charge in [-0.3, -0.25) is 4.79 Å². The lowest BCUT2D eigenvalue weighted by Gasteiger charge is -2.46. The van der Waals surface area contributed by atoms with Crippen LogP contribution in [-0.2, 0) is 23.7 Å². The van der Waals surface area contributed by atoms with Crippen LogP contribution in [0.4, 0.5) is 0 Å². The average molecular weight is 1000 g/mol. The summed E-state index contributed by atoms with van der Waals surface area (Å²) in [5.74, 6) is -0.246. The lowest BCUT2D eigenvalue weighted by molar-refractivity contribution is -0.359. The number of carbonyl (C=O) groups is 1. The van der Waals surface area contributed by atoms with Crippen molar-refractivity contribution in [1.82, 2.24) is 5.32 Å². The number of aliphatic hydroxyl groups excluding tert-OH is 8. The Hall–Kier alpha value is -1.53. The SMILES string of the molecule is CCCCCCCCCCCCCCC/C=C/CC/C=C/C(O)C(COC1OC(CO)C(OC2OC(CO)C(O)C(O)C2O)C(O)C1O)NC(=O)CCCCCCCCCCCCCCCCCCC. The third-order valence-electron chi connectivity index (χ3n) is 14.1. The fourth-order valence-corrected chi connectivity index (χ4v) is 9.48. The second kappa shape index (κ2) is 42.8. The topological polar surface area (TPSA) is 228 Å². The Morgan fingerprint density at radius 2 is 0.914 bits per heavy atom. The van der Waals surface area contributed by atoms with E-state index in [4.69, 9.17) is 18.9 Å². The molecule has 70 heavy (non-hydrogen) atoms. The number of ether oxygens (including phenoxy) is 4. The molecule has 0 aromatic rings. The van der Waals surface area contributed by atoms with E-state index in [2.05, 4.69) is 31.3 Å². The van der Waals surface area contributed by atoms with Gasteiger partial charge in [-0.2, -0.15) is 0 Å². The van der Waals surface area contributed by atoms with Crippen molar-refractivity contribution in [2.24, 2.45) is 0 Å². The molecule has 412 valence electrons. The predicted molar refractivity (Wildman–Crippen MR) is 277 cm³/mol. The van der Waals surface area contributed by atoms with Crippen LogP contribution in [0, 0.1) is 0 Å². The first-order valence-electron chi connectivity index (χ1n) is 28.6. The Morgan fingerprint density at radius 3 is 1.40 bits per heavy atom. The van der Waals surface area contributed by atoms with E-state index in [9.17, 15) is 45.6 Å². The molecule has 2 heterocycles. The van der Waals surface area contributed by atoms with E-state index >= 15 is 0 Å². The van der Waals surface area contributed by atoms with Crippen molar-refractivity contribution >= 4 is 5.91 Å². The van der Waals surface area contributed by atoms with Crippen molar-refractivity contribution < 1.29 is 64.6 Å². The van der Waals surface area contributed by atoms with Crippen molar-refractivity contribution in [2.75, 3.05) is 19.8 Å². The molecular weight excluding hydrogens is 895 g/mol. The zero-order valence-electron chi connectivity index (χ0n) is 44.0. The highest BCUT2D eigenvalue weighted by molar-refractivity contribution is 5.76. The fraction of sp³-hybridized carbons (Fsp3) is 0.911. The Balaban J connectivity index is 1.81. The molecule has 0 aromatic carbocycles. The molecule has 1 amide bonds. The lowest BCUT2D eigenvalue weighted by atomic mass is 9.97. The molecule has 0 aliphatic carbocycles. The molecule has 12 unspecified atom stereocenters. The highest BCUT2D eigenvalue weighted by Crippen LogP contribution is 2.30. The minimum Gasteiger partial charge on any atom is -0.394 e. The standard InChI is InChI=1S/C56H105NO13/c1-3-5-7-9-11-13-15-17-19-21-22-24-25-27-29-31-33-35-37-39-45(60)44(57-48(61)40-38-36-34-32-30-28-26-23-20-18-16-14-12-10-8-6-4-2)43-67-55-53(66)51(64)54(47(42-59)69-55)70-56-52(65)50(63)49(62)46(41-58)68-56/h29,31,37,39,44-47,49-56,58-60,62-66H,3-28,30,32-36,38,40-43H2,1-2H3,(H,57,61)/b31-29+,39-37+. The van der Waals surface area contributed by atoms with Crippen molar-refractivity contribution in [3.05, 3.63) is 24.3 Å². The summed E-state index contributed by atoms with van der Waals surface area (Å²) < 4.78 is 22.7. The smallest absolute Gasteiger partial charge is 0.220 e. The van der Waals surface area contributed by atoms with Crippen LogP contribution in [0.5, 0.6) is 0 Å². The number of hydrogen-bond donors (Lipinski definition) is 9. The van der Waals surface area contributed by atoms with E-state index in [1.807, 2.05) is 6.08 Å². The average Bonchev–Trinajstić information content (AvgIpc) is 3.36. The molecule has 0 saturated carbocycles. The first-order valence-corrected chi connectivity index (χ1v) is 28.6. The third kappa shape index (κ3) is 28.8. The molecule has 9 N–H and O–H groups in total. The summed E-state index contributed by atoms with van der Waals surface area (Å²) >= 11 is 0. The Bertz CT molecular complexity index is 1270. The summed E-state index contributed by atoms with van der Waals surface area (Å²) in [7, 11) is 0. The zero-order valence-corrected chi connectivity index (χ0v) is 44.0. The molecular formula is C56H105NO13. The summed E-state index contributed by atoms with van der Waals surface area (Å²) in [6, 6.07) is -0.927. The molecule has 2 aliphatic rings. The van der Waals surface area contributed by atoms with Crippen molar-refractivity contribution in [3.8, 4) is 0 Å². The minimum atomic E-state index is -1.79. The number of hydrogen-bond acceptors (Lipinski definition) is 13. The number of amides is 1. The maximum atomic E-state index is 13.2. The largest absolute Gasteiger partial charge is 0.394 e. The Kier molecular flexibility index (Phi) is 39.5. The highest BCUT2D eigenvalue weighted by atomic mass is 16.7. The zero-order chi connectivity index (χ0) is 51.0. The van der Waals surface area contributed by atoms with E-state index in [1.54, 1.807) is 6.08 Å². The summed E-state index contributed by atoms with van der Waals surface area (Å²) in [6.07, 6.45) is 32.1. The highest BCUT2D eigenvalue weighted by Gasteiger charge is 2.51.